The third-order valence-electron chi connectivity index (χ3n) is 2.84. The molecule has 0 aliphatic heterocycles. The first-order chi connectivity index (χ1) is 9.69. The first kappa shape index (κ1) is 13.1. The molecule has 4 nitrogen and oxygen atoms in total. The van der Waals surface area contributed by atoms with Crippen LogP contribution in [0.15, 0.2) is 47.1 Å². The Morgan fingerprint density at radius 1 is 1.30 bits per heavy atom. The number of imidazole rings is 1. The number of benzene rings is 1. The van der Waals surface area contributed by atoms with Crippen LogP contribution in [0.25, 0.3) is 5.65 Å². The zero-order chi connectivity index (χ0) is 14.1. The summed E-state index contributed by atoms with van der Waals surface area (Å²) >= 11 is 3.23. The maximum Gasteiger partial charge on any atom is 0.243 e. The fourth-order valence-electron chi connectivity index (χ4n) is 1.91. The van der Waals surface area contributed by atoms with E-state index in [0.717, 1.165) is 0 Å². The van der Waals surface area contributed by atoms with Crippen molar-refractivity contribution in [2.45, 2.75) is 6.61 Å². The predicted octanol–water partition coefficient (Wildman–Crippen LogP) is 3.52. The largest absolute Gasteiger partial charge is 0.436 e. The van der Waals surface area contributed by atoms with Gasteiger partial charge in [-0.15, -0.1) is 0 Å². The molecular formula is C14H10BrFN2O2. The van der Waals surface area contributed by atoms with E-state index in [-0.39, 0.29) is 12.4 Å². The van der Waals surface area contributed by atoms with Crippen LogP contribution in [0.2, 0.25) is 0 Å². The molecule has 3 rings (SSSR count). The summed E-state index contributed by atoms with van der Waals surface area (Å²) in [6, 6.07) is 9.61. The number of fused-ring (bicyclic) bond motifs is 1. The van der Waals surface area contributed by atoms with Crippen LogP contribution in [0.1, 0.15) is 5.69 Å². The third-order valence-corrected chi connectivity index (χ3v) is 3.46. The first-order valence-corrected chi connectivity index (χ1v) is 6.68. The van der Waals surface area contributed by atoms with Crippen LogP contribution < -0.4 is 4.74 Å². The fraction of sp³-hybridized carbons (Fsp3) is 0.0714. The molecule has 1 N–H and O–H groups in total. The van der Waals surface area contributed by atoms with Crippen LogP contribution >= 0.6 is 15.9 Å². The molecule has 0 atom stereocenters. The van der Waals surface area contributed by atoms with E-state index in [1.165, 1.54) is 18.2 Å². The highest BCUT2D eigenvalue weighted by Crippen LogP contribution is 2.31. The van der Waals surface area contributed by atoms with Crippen molar-refractivity contribution in [3.8, 4) is 11.6 Å². The van der Waals surface area contributed by atoms with Crippen molar-refractivity contribution in [1.82, 2.24) is 9.38 Å². The summed E-state index contributed by atoms with van der Waals surface area (Å²) in [6.45, 7) is -0.209. The maximum atomic E-state index is 13.1. The van der Waals surface area contributed by atoms with Crippen LogP contribution in [0, 0.1) is 5.82 Å². The summed E-state index contributed by atoms with van der Waals surface area (Å²) in [5.74, 6) is 0.372. The van der Waals surface area contributed by atoms with Gasteiger partial charge in [0.25, 0.3) is 0 Å². The molecule has 2 heterocycles. The molecule has 2 aromatic heterocycles. The van der Waals surface area contributed by atoms with Crippen molar-refractivity contribution >= 4 is 21.6 Å². The Hall–Kier alpha value is -1.92. The number of hydrogen-bond acceptors (Lipinski definition) is 3. The van der Waals surface area contributed by atoms with E-state index >= 15 is 0 Å². The molecule has 0 unspecified atom stereocenters. The van der Waals surface area contributed by atoms with Gasteiger partial charge < -0.3 is 9.84 Å². The number of halogens is 2. The maximum absolute atomic E-state index is 13.1. The normalized spacial score (nSPS) is 10.9. The Labute approximate surface area is 122 Å². The molecule has 0 saturated heterocycles. The minimum absolute atomic E-state index is 0.209. The van der Waals surface area contributed by atoms with Gasteiger partial charge in [-0.1, -0.05) is 6.07 Å². The standard InChI is InChI=1S/C14H10BrFN2O2/c15-10-7-9(16)4-5-12(10)20-14-11(8-19)18-6-2-1-3-13(18)17-14/h1-7,19H,8H2. The van der Waals surface area contributed by atoms with Crippen molar-refractivity contribution < 1.29 is 14.2 Å². The van der Waals surface area contributed by atoms with Crippen molar-refractivity contribution in [3.63, 3.8) is 0 Å². The minimum Gasteiger partial charge on any atom is -0.436 e. The zero-order valence-electron chi connectivity index (χ0n) is 10.3. The Balaban J connectivity index is 2.06. The Bertz CT molecular complexity index is 773. The highest BCUT2D eigenvalue weighted by molar-refractivity contribution is 9.10. The van der Waals surface area contributed by atoms with Crippen molar-refractivity contribution in [1.29, 1.82) is 0 Å². The van der Waals surface area contributed by atoms with Gasteiger partial charge >= 0.3 is 0 Å². The van der Waals surface area contributed by atoms with Gasteiger partial charge in [0.1, 0.15) is 22.9 Å². The van der Waals surface area contributed by atoms with Gasteiger partial charge in [-0.25, -0.2) is 4.39 Å². The van der Waals surface area contributed by atoms with Gasteiger partial charge in [0.15, 0.2) is 0 Å². The summed E-state index contributed by atoms with van der Waals surface area (Å²) in [5, 5.41) is 9.48. The van der Waals surface area contributed by atoms with Gasteiger partial charge in [0.05, 0.1) is 11.1 Å². The van der Waals surface area contributed by atoms with Crippen LogP contribution in [-0.2, 0) is 6.61 Å². The van der Waals surface area contributed by atoms with Crippen LogP contribution in [-0.4, -0.2) is 14.5 Å². The van der Waals surface area contributed by atoms with Crippen LogP contribution in [0.4, 0.5) is 4.39 Å². The third kappa shape index (κ3) is 2.28. The van der Waals surface area contributed by atoms with Crippen molar-refractivity contribution in [2.24, 2.45) is 0 Å². The van der Waals surface area contributed by atoms with Crippen LogP contribution in [0.3, 0.4) is 0 Å². The molecule has 3 aromatic rings. The lowest BCUT2D eigenvalue weighted by Gasteiger charge is -2.06. The predicted molar refractivity (Wildman–Crippen MR) is 75.3 cm³/mol. The molecule has 0 spiro atoms. The van der Waals surface area contributed by atoms with Gasteiger partial charge in [-0.3, -0.25) is 4.40 Å². The van der Waals surface area contributed by atoms with E-state index < -0.39 is 0 Å². The molecule has 6 heteroatoms. The Morgan fingerprint density at radius 3 is 2.90 bits per heavy atom. The van der Waals surface area contributed by atoms with Crippen LogP contribution in [0.5, 0.6) is 11.6 Å². The molecule has 0 bridgehead atoms. The van der Waals surface area contributed by atoms with E-state index in [1.54, 1.807) is 10.6 Å². The Kier molecular flexibility index (Phi) is 3.42. The first-order valence-electron chi connectivity index (χ1n) is 5.89. The number of nitrogens with zero attached hydrogens (tertiary/aromatic N) is 2. The quantitative estimate of drug-likeness (QED) is 0.795. The van der Waals surface area contributed by atoms with E-state index in [2.05, 4.69) is 20.9 Å². The summed E-state index contributed by atoms with van der Waals surface area (Å²) < 4.78 is 20.9. The second-order valence-corrected chi connectivity index (χ2v) is 4.98. The number of hydrogen-bond donors (Lipinski definition) is 1. The lowest BCUT2D eigenvalue weighted by molar-refractivity contribution is 0.269. The molecule has 20 heavy (non-hydrogen) atoms. The summed E-state index contributed by atoms with van der Waals surface area (Å²) in [7, 11) is 0. The lowest BCUT2D eigenvalue weighted by Crippen LogP contribution is -1.95. The second kappa shape index (κ2) is 5.22. The molecule has 0 fully saturated rings. The molecule has 0 amide bonds. The zero-order valence-corrected chi connectivity index (χ0v) is 11.8. The number of aromatic nitrogens is 2. The number of aliphatic hydroxyl groups is 1. The second-order valence-electron chi connectivity index (χ2n) is 4.13. The molecule has 0 radical (unpaired) electrons. The van der Waals surface area contributed by atoms with Gasteiger partial charge in [0.2, 0.25) is 5.88 Å². The van der Waals surface area contributed by atoms with E-state index in [9.17, 15) is 9.50 Å². The molecule has 0 saturated carbocycles. The van der Waals surface area contributed by atoms with E-state index in [1.807, 2.05) is 18.2 Å². The monoisotopic (exact) mass is 336 g/mol. The average molecular weight is 337 g/mol. The number of pyridine rings is 1. The smallest absolute Gasteiger partial charge is 0.243 e. The fourth-order valence-corrected chi connectivity index (χ4v) is 2.34. The van der Waals surface area contributed by atoms with Gasteiger partial charge in [0, 0.05) is 6.20 Å². The van der Waals surface area contributed by atoms with Crippen molar-refractivity contribution in [3.05, 3.63) is 58.6 Å². The number of ether oxygens (including phenoxy) is 1. The average Bonchev–Trinajstić information content (AvgIpc) is 2.79. The summed E-state index contributed by atoms with van der Waals surface area (Å²) in [5.41, 5.74) is 1.21. The molecule has 102 valence electrons. The van der Waals surface area contributed by atoms with Gasteiger partial charge in [-0.2, -0.15) is 4.98 Å². The van der Waals surface area contributed by atoms with Crippen molar-refractivity contribution in [2.75, 3.05) is 0 Å². The SMILES string of the molecule is OCc1c(Oc2ccc(F)cc2Br)nc2ccccn12. The molecule has 1 aromatic carbocycles. The minimum atomic E-state index is -0.360. The Morgan fingerprint density at radius 2 is 2.15 bits per heavy atom. The topological polar surface area (TPSA) is 46.8 Å². The highest BCUT2D eigenvalue weighted by Gasteiger charge is 2.14. The molecular weight excluding hydrogens is 327 g/mol. The summed E-state index contributed by atoms with van der Waals surface area (Å²) in [6.07, 6.45) is 1.79. The molecule has 0 aliphatic rings. The number of aliphatic hydroxyl groups excluding tert-OH is 1. The highest BCUT2D eigenvalue weighted by atomic mass is 79.9. The number of rotatable bonds is 3. The summed E-state index contributed by atoms with van der Waals surface area (Å²) in [4.78, 5) is 4.31. The lowest BCUT2D eigenvalue weighted by atomic mass is 10.3. The van der Waals surface area contributed by atoms with E-state index in [0.29, 0.717) is 27.4 Å². The van der Waals surface area contributed by atoms with E-state index in [4.69, 9.17) is 4.74 Å². The van der Waals surface area contributed by atoms with Gasteiger partial charge in [-0.05, 0) is 46.3 Å². The molecule has 0 aliphatic carbocycles.